The lowest BCUT2D eigenvalue weighted by Crippen LogP contribution is -2.20. The fraction of sp³-hybridized carbons (Fsp3) is 0.500. The number of hydrogen-bond donors (Lipinski definition) is 0. The predicted octanol–water partition coefficient (Wildman–Crippen LogP) is 1.23. The van der Waals surface area contributed by atoms with Crippen LogP contribution in [0.15, 0.2) is 12.1 Å². The van der Waals surface area contributed by atoms with Gasteiger partial charge >= 0.3 is 5.97 Å². The Hall–Kier alpha value is -1.75. The molecule has 0 bridgehead atoms. The first kappa shape index (κ1) is 13.7. The third kappa shape index (κ3) is 3.17. The summed E-state index contributed by atoms with van der Waals surface area (Å²) in [5, 5.41) is 0. The standard InChI is InChI=1S/C14H19NO4/c1-15(2)6-7-18-12-5-4-10-8-13(16)19-9-11(10)14(12)17-3/h4-5H,6-9H2,1-3H3. The average molecular weight is 265 g/mol. The highest BCUT2D eigenvalue weighted by Crippen LogP contribution is 2.36. The molecule has 0 radical (unpaired) electrons. The van der Waals surface area contributed by atoms with Gasteiger partial charge in [0.1, 0.15) is 13.2 Å². The normalized spacial score (nSPS) is 14.0. The van der Waals surface area contributed by atoms with Crippen LogP contribution in [0.5, 0.6) is 11.5 Å². The van der Waals surface area contributed by atoms with Crippen molar-refractivity contribution in [1.82, 2.24) is 4.90 Å². The highest BCUT2D eigenvalue weighted by Gasteiger charge is 2.22. The molecule has 2 rings (SSSR count). The van der Waals surface area contributed by atoms with Gasteiger partial charge in [0.05, 0.1) is 13.5 Å². The van der Waals surface area contributed by atoms with Crippen LogP contribution in [0.2, 0.25) is 0 Å². The van der Waals surface area contributed by atoms with Gasteiger partial charge in [0, 0.05) is 12.1 Å². The Kier molecular flexibility index (Phi) is 4.27. The molecule has 0 spiro atoms. The van der Waals surface area contributed by atoms with Gasteiger partial charge in [-0.15, -0.1) is 0 Å². The number of cyclic esters (lactones) is 1. The Morgan fingerprint density at radius 1 is 1.37 bits per heavy atom. The number of benzene rings is 1. The second kappa shape index (κ2) is 5.93. The average Bonchev–Trinajstić information content (AvgIpc) is 2.38. The molecule has 1 aromatic carbocycles. The van der Waals surface area contributed by atoms with Gasteiger partial charge in [-0.1, -0.05) is 6.07 Å². The van der Waals surface area contributed by atoms with Crippen LogP contribution in [0.3, 0.4) is 0 Å². The predicted molar refractivity (Wildman–Crippen MR) is 70.5 cm³/mol. The van der Waals surface area contributed by atoms with Crippen LogP contribution in [0, 0.1) is 0 Å². The molecule has 1 heterocycles. The van der Waals surface area contributed by atoms with Crippen LogP contribution >= 0.6 is 0 Å². The molecule has 5 heteroatoms. The topological polar surface area (TPSA) is 48.0 Å². The molecule has 0 aliphatic carbocycles. The maximum Gasteiger partial charge on any atom is 0.310 e. The van der Waals surface area contributed by atoms with E-state index in [2.05, 4.69) is 0 Å². The van der Waals surface area contributed by atoms with Gasteiger partial charge in [0.15, 0.2) is 11.5 Å². The molecule has 0 saturated carbocycles. The van der Waals surface area contributed by atoms with E-state index in [0.717, 1.165) is 17.7 Å². The van der Waals surface area contributed by atoms with Gasteiger partial charge < -0.3 is 19.1 Å². The van der Waals surface area contributed by atoms with E-state index in [9.17, 15) is 4.79 Å². The number of nitrogens with zero attached hydrogens (tertiary/aromatic N) is 1. The van der Waals surface area contributed by atoms with Crippen molar-refractivity contribution in [2.24, 2.45) is 0 Å². The molecule has 0 fully saturated rings. The molecule has 5 nitrogen and oxygen atoms in total. The van der Waals surface area contributed by atoms with Crippen molar-refractivity contribution >= 4 is 5.97 Å². The van der Waals surface area contributed by atoms with E-state index in [1.165, 1.54) is 0 Å². The van der Waals surface area contributed by atoms with Crippen LogP contribution in [0.25, 0.3) is 0 Å². The van der Waals surface area contributed by atoms with Gasteiger partial charge in [0.25, 0.3) is 0 Å². The SMILES string of the molecule is COc1c(OCCN(C)C)ccc2c1COC(=O)C2. The summed E-state index contributed by atoms with van der Waals surface area (Å²) >= 11 is 0. The third-order valence-electron chi connectivity index (χ3n) is 3.03. The van der Waals surface area contributed by atoms with Gasteiger partial charge in [-0.3, -0.25) is 4.79 Å². The van der Waals surface area contributed by atoms with Gasteiger partial charge in [0.2, 0.25) is 0 Å². The van der Waals surface area contributed by atoms with Crippen LogP contribution in [-0.2, 0) is 22.6 Å². The summed E-state index contributed by atoms with van der Waals surface area (Å²) in [4.78, 5) is 13.3. The highest BCUT2D eigenvalue weighted by molar-refractivity contribution is 5.76. The van der Waals surface area contributed by atoms with Crippen LogP contribution < -0.4 is 9.47 Å². The molecule has 0 aromatic heterocycles. The Morgan fingerprint density at radius 2 is 2.16 bits per heavy atom. The second-order valence-electron chi connectivity index (χ2n) is 4.72. The number of fused-ring (bicyclic) bond motifs is 1. The van der Waals surface area contributed by atoms with E-state index >= 15 is 0 Å². The maximum atomic E-state index is 11.3. The zero-order valence-electron chi connectivity index (χ0n) is 11.6. The number of esters is 1. The Balaban J connectivity index is 2.18. The van der Waals surface area contributed by atoms with E-state index in [1.807, 2.05) is 31.1 Å². The van der Waals surface area contributed by atoms with E-state index in [0.29, 0.717) is 24.5 Å². The van der Waals surface area contributed by atoms with Crippen molar-refractivity contribution < 1.29 is 19.0 Å². The van der Waals surface area contributed by atoms with Crippen LogP contribution in [0.1, 0.15) is 11.1 Å². The minimum atomic E-state index is -0.198. The smallest absolute Gasteiger partial charge is 0.310 e. The first-order valence-electron chi connectivity index (χ1n) is 6.23. The number of ether oxygens (including phenoxy) is 3. The third-order valence-corrected chi connectivity index (χ3v) is 3.03. The van der Waals surface area contributed by atoms with Crippen molar-refractivity contribution in [2.45, 2.75) is 13.0 Å². The van der Waals surface area contributed by atoms with Gasteiger partial charge in [-0.05, 0) is 25.7 Å². The largest absolute Gasteiger partial charge is 0.492 e. The Bertz CT molecular complexity index is 471. The number of hydrogen-bond acceptors (Lipinski definition) is 5. The molecule has 0 atom stereocenters. The molecule has 1 aromatic rings. The molecule has 104 valence electrons. The molecule has 1 aliphatic rings. The number of likely N-dealkylation sites (N-methyl/N-ethyl adjacent to an activating group) is 1. The van der Waals surface area contributed by atoms with Crippen molar-refractivity contribution in [3.63, 3.8) is 0 Å². The van der Waals surface area contributed by atoms with E-state index in [1.54, 1.807) is 7.11 Å². The second-order valence-corrected chi connectivity index (χ2v) is 4.72. The number of carbonyl (C=O) groups excluding carboxylic acids is 1. The Morgan fingerprint density at radius 3 is 2.84 bits per heavy atom. The summed E-state index contributed by atoms with van der Waals surface area (Å²) in [6.45, 7) is 1.67. The summed E-state index contributed by atoms with van der Waals surface area (Å²) in [7, 11) is 5.59. The monoisotopic (exact) mass is 265 g/mol. The number of methoxy groups -OCH3 is 1. The van der Waals surface area contributed by atoms with Crippen molar-refractivity contribution in [3.8, 4) is 11.5 Å². The molecule has 0 saturated heterocycles. The van der Waals surface area contributed by atoms with Crippen molar-refractivity contribution in [2.75, 3.05) is 34.4 Å². The first-order chi connectivity index (χ1) is 9.11. The summed E-state index contributed by atoms with van der Waals surface area (Å²) in [6.07, 6.45) is 0.295. The molecule has 0 N–H and O–H groups in total. The van der Waals surface area contributed by atoms with E-state index in [4.69, 9.17) is 14.2 Å². The fourth-order valence-electron chi connectivity index (χ4n) is 2.01. The van der Waals surface area contributed by atoms with Crippen LogP contribution in [0.4, 0.5) is 0 Å². The minimum absolute atomic E-state index is 0.198. The minimum Gasteiger partial charge on any atom is -0.492 e. The number of rotatable bonds is 5. The molecule has 19 heavy (non-hydrogen) atoms. The van der Waals surface area contributed by atoms with Crippen LogP contribution in [-0.4, -0.2) is 45.2 Å². The first-order valence-corrected chi connectivity index (χ1v) is 6.23. The lowest BCUT2D eigenvalue weighted by molar-refractivity contribution is -0.145. The highest BCUT2D eigenvalue weighted by atomic mass is 16.5. The van der Waals surface area contributed by atoms with Crippen molar-refractivity contribution in [1.29, 1.82) is 0 Å². The molecule has 1 aliphatic heterocycles. The quantitative estimate of drug-likeness (QED) is 0.750. The number of carbonyl (C=O) groups is 1. The zero-order valence-corrected chi connectivity index (χ0v) is 11.6. The summed E-state index contributed by atoms with van der Waals surface area (Å²) in [5.41, 5.74) is 1.86. The molecular formula is C14H19NO4. The molecule has 0 amide bonds. The molecule has 0 unspecified atom stereocenters. The van der Waals surface area contributed by atoms with Crippen molar-refractivity contribution in [3.05, 3.63) is 23.3 Å². The molecular weight excluding hydrogens is 246 g/mol. The summed E-state index contributed by atoms with van der Waals surface area (Å²) in [6, 6.07) is 3.76. The summed E-state index contributed by atoms with van der Waals surface area (Å²) < 4.78 is 16.2. The van der Waals surface area contributed by atoms with Gasteiger partial charge in [-0.25, -0.2) is 0 Å². The van der Waals surface area contributed by atoms with E-state index < -0.39 is 0 Å². The van der Waals surface area contributed by atoms with E-state index in [-0.39, 0.29) is 12.6 Å². The van der Waals surface area contributed by atoms with Gasteiger partial charge in [-0.2, -0.15) is 0 Å². The lowest BCUT2D eigenvalue weighted by Gasteiger charge is -2.21. The lowest BCUT2D eigenvalue weighted by atomic mass is 10.0. The maximum absolute atomic E-state index is 11.3. The summed E-state index contributed by atoms with van der Waals surface area (Å²) in [5.74, 6) is 1.17. The zero-order chi connectivity index (χ0) is 13.8. The fourth-order valence-corrected chi connectivity index (χ4v) is 2.01. The Labute approximate surface area is 113 Å².